The third-order valence-corrected chi connectivity index (χ3v) is 3.27. The number of pyridine rings is 1. The minimum absolute atomic E-state index is 0.108. The first kappa shape index (κ1) is 13.7. The number of likely N-dealkylation sites (N-methyl/N-ethyl adjacent to an activating group) is 2. The molecule has 0 bridgehead atoms. The number of amides is 1. The topological polar surface area (TPSA) is 45.2 Å². The van der Waals surface area contributed by atoms with Crippen LogP contribution in [0.2, 0.25) is 0 Å². The summed E-state index contributed by atoms with van der Waals surface area (Å²) in [6, 6.07) is 4.93. The minimum atomic E-state index is -0.389. The van der Waals surface area contributed by atoms with Crippen molar-refractivity contribution in [2.24, 2.45) is 0 Å². The molecule has 0 saturated heterocycles. The largest absolute Gasteiger partial charge is 0.365 e. The number of hydrogen-bond acceptors (Lipinski definition) is 3. The van der Waals surface area contributed by atoms with Crippen LogP contribution in [0.3, 0.4) is 0 Å². The quantitative estimate of drug-likeness (QED) is 0.942. The second-order valence-corrected chi connectivity index (χ2v) is 5.06. The number of rotatable bonds is 3. The van der Waals surface area contributed by atoms with Crippen molar-refractivity contribution in [2.45, 2.75) is 0 Å². The number of hydrogen-bond donors (Lipinski definition) is 1. The number of anilines is 1. The monoisotopic (exact) mass is 325 g/mol. The molecule has 0 atom stereocenters. The summed E-state index contributed by atoms with van der Waals surface area (Å²) < 4.78 is 14.5. The van der Waals surface area contributed by atoms with Gasteiger partial charge in [0.2, 0.25) is 5.91 Å². The minimum Gasteiger partial charge on any atom is -0.365 e. The van der Waals surface area contributed by atoms with Crippen LogP contribution in [0, 0.1) is 5.82 Å². The summed E-state index contributed by atoms with van der Waals surface area (Å²) in [6.45, 7) is 0.198. The van der Waals surface area contributed by atoms with Crippen molar-refractivity contribution in [1.82, 2.24) is 10.3 Å². The first-order valence-electron chi connectivity index (χ1n) is 5.68. The number of fused-ring (bicyclic) bond motifs is 1. The lowest BCUT2D eigenvalue weighted by molar-refractivity contribution is -0.119. The summed E-state index contributed by atoms with van der Waals surface area (Å²) in [5.74, 6) is -0.498. The van der Waals surface area contributed by atoms with Crippen LogP contribution in [0.25, 0.3) is 10.9 Å². The van der Waals surface area contributed by atoms with E-state index in [1.165, 1.54) is 12.3 Å². The van der Waals surface area contributed by atoms with Crippen LogP contribution in [-0.2, 0) is 4.79 Å². The van der Waals surface area contributed by atoms with Crippen LogP contribution in [0.4, 0.5) is 10.1 Å². The van der Waals surface area contributed by atoms with Gasteiger partial charge in [0.1, 0.15) is 5.52 Å². The zero-order chi connectivity index (χ0) is 14.0. The predicted molar refractivity (Wildman–Crippen MR) is 76.7 cm³/mol. The molecular weight excluding hydrogens is 313 g/mol. The van der Waals surface area contributed by atoms with Crippen LogP contribution in [0.5, 0.6) is 0 Å². The molecule has 2 rings (SSSR count). The fourth-order valence-electron chi connectivity index (χ4n) is 1.88. The van der Waals surface area contributed by atoms with Gasteiger partial charge in [-0.2, -0.15) is 0 Å². The van der Waals surface area contributed by atoms with Crippen molar-refractivity contribution >= 4 is 38.4 Å². The number of nitrogens with one attached hydrogen (secondary N) is 1. The second kappa shape index (κ2) is 5.52. The first-order valence-corrected chi connectivity index (χ1v) is 6.47. The molecule has 2 aromatic rings. The number of carbonyl (C=O) groups is 1. The third kappa shape index (κ3) is 2.84. The molecule has 19 heavy (non-hydrogen) atoms. The molecule has 4 nitrogen and oxygen atoms in total. The highest BCUT2D eigenvalue weighted by Crippen LogP contribution is 2.29. The van der Waals surface area contributed by atoms with Crippen molar-refractivity contribution in [1.29, 1.82) is 0 Å². The molecule has 0 aliphatic rings. The van der Waals surface area contributed by atoms with Crippen molar-refractivity contribution < 1.29 is 9.18 Å². The Bertz CT molecular complexity index is 633. The van der Waals surface area contributed by atoms with E-state index < -0.39 is 0 Å². The highest BCUT2D eigenvalue weighted by atomic mass is 79.9. The number of nitrogens with zero attached hydrogens (tertiary/aromatic N) is 2. The van der Waals surface area contributed by atoms with E-state index in [9.17, 15) is 9.18 Å². The fourth-order valence-corrected chi connectivity index (χ4v) is 2.31. The van der Waals surface area contributed by atoms with Crippen LogP contribution in [-0.4, -0.2) is 31.5 Å². The van der Waals surface area contributed by atoms with Crippen LogP contribution in [0.1, 0.15) is 0 Å². The molecule has 0 unspecified atom stereocenters. The Morgan fingerprint density at radius 2 is 2.26 bits per heavy atom. The van der Waals surface area contributed by atoms with E-state index in [1.54, 1.807) is 31.1 Å². The molecule has 1 heterocycles. The molecule has 1 aromatic heterocycles. The van der Waals surface area contributed by atoms with Gasteiger partial charge >= 0.3 is 0 Å². The normalized spacial score (nSPS) is 10.5. The number of halogens is 2. The Morgan fingerprint density at radius 1 is 1.53 bits per heavy atom. The molecule has 1 amide bonds. The summed E-state index contributed by atoms with van der Waals surface area (Å²) >= 11 is 3.27. The maximum absolute atomic E-state index is 13.8. The average molecular weight is 326 g/mol. The summed E-state index contributed by atoms with van der Waals surface area (Å²) in [5.41, 5.74) is 1.05. The summed E-state index contributed by atoms with van der Waals surface area (Å²) in [4.78, 5) is 17.2. The lowest BCUT2D eigenvalue weighted by Crippen LogP contribution is -2.33. The molecule has 0 aliphatic carbocycles. The molecule has 1 N–H and O–H groups in total. The van der Waals surface area contributed by atoms with Gasteiger partial charge in [0.25, 0.3) is 0 Å². The molecule has 0 radical (unpaired) electrons. The molecule has 0 saturated carbocycles. The Hall–Kier alpha value is -1.69. The lowest BCUT2D eigenvalue weighted by atomic mass is 10.1. The van der Waals surface area contributed by atoms with E-state index in [0.29, 0.717) is 15.4 Å². The summed E-state index contributed by atoms with van der Waals surface area (Å²) in [7, 11) is 3.36. The Kier molecular flexibility index (Phi) is 3.99. The maximum atomic E-state index is 13.8. The molecule has 1 aromatic carbocycles. The van der Waals surface area contributed by atoms with Gasteiger partial charge in [0, 0.05) is 35.8 Å². The van der Waals surface area contributed by atoms with Gasteiger partial charge in [-0.05, 0) is 18.2 Å². The van der Waals surface area contributed by atoms with Crippen molar-refractivity contribution in [3.8, 4) is 0 Å². The smallest absolute Gasteiger partial charge is 0.239 e. The molecular formula is C13H13BrFN3O. The van der Waals surface area contributed by atoms with Gasteiger partial charge in [0.15, 0.2) is 5.82 Å². The summed E-state index contributed by atoms with van der Waals surface area (Å²) in [5, 5.41) is 3.22. The van der Waals surface area contributed by atoms with Crippen molar-refractivity contribution in [3.05, 3.63) is 34.7 Å². The maximum Gasteiger partial charge on any atom is 0.239 e. The van der Waals surface area contributed by atoms with Crippen LogP contribution in [0.15, 0.2) is 28.9 Å². The summed E-state index contributed by atoms with van der Waals surface area (Å²) in [6.07, 6.45) is 1.54. The SMILES string of the molecule is CNC(=O)CN(C)c1ccnc2c(F)cc(Br)cc12. The predicted octanol–water partition coefficient (Wildman–Crippen LogP) is 2.32. The Balaban J connectivity index is 2.51. The van der Waals surface area contributed by atoms with Crippen molar-refractivity contribution in [3.63, 3.8) is 0 Å². The zero-order valence-corrected chi connectivity index (χ0v) is 12.2. The van der Waals surface area contributed by atoms with Gasteiger partial charge in [-0.3, -0.25) is 9.78 Å². The van der Waals surface area contributed by atoms with E-state index in [-0.39, 0.29) is 18.3 Å². The number of benzene rings is 1. The van der Waals surface area contributed by atoms with E-state index in [4.69, 9.17) is 0 Å². The van der Waals surface area contributed by atoms with Crippen LogP contribution >= 0.6 is 15.9 Å². The van der Waals surface area contributed by atoms with E-state index >= 15 is 0 Å². The van der Waals surface area contributed by atoms with Gasteiger partial charge in [-0.25, -0.2) is 4.39 Å². The van der Waals surface area contributed by atoms with Crippen LogP contribution < -0.4 is 10.2 Å². The van der Waals surface area contributed by atoms with Gasteiger partial charge in [0.05, 0.1) is 6.54 Å². The Morgan fingerprint density at radius 3 is 2.95 bits per heavy atom. The standard InChI is InChI=1S/C13H13BrFN3O/c1-16-12(19)7-18(2)11-3-4-17-13-9(11)5-8(14)6-10(13)15/h3-6H,7H2,1-2H3,(H,16,19). The van der Waals surface area contributed by atoms with E-state index in [2.05, 4.69) is 26.2 Å². The lowest BCUT2D eigenvalue weighted by Gasteiger charge is -2.20. The molecule has 0 spiro atoms. The number of aromatic nitrogens is 1. The van der Waals surface area contributed by atoms with E-state index in [0.717, 1.165) is 5.69 Å². The van der Waals surface area contributed by atoms with Gasteiger partial charge < -0.3 is 10.2 Å². The highest BCUT2D eigenvalue weighted by Gasteiger charge is 2.12. The molecule has 6 heteroatoms. The zero-order valence-electron chi connectivity index (χ0n) is 10.6. The Labute approximate surface area is 118 Å². The molecule has 100 valence electrons. The molecule has 0 aliphatic heterocycles. The first-order chi connectivity index (χ1) is 9.02. The number of carbonyl (C=O) groups excluding carboxylic acids is 1. The highest BCUT2D eigenvalue weighted by molar-refractivity contribution is 9.10. The van der Waals surface area contributed by atoms with E-state index in [1.807, 2.05) is 0 Å². The molecule has 0 fully saturated rings. The average Bonchev–Trinajstić information content (AvgIpc) is 2.37. The van der Waals surface area contributed by atoms with Gasteiger partial charge in [-0.1, -0.05) is 15.9 Å². The fraction of sp³-hybridized carbons (Fsp3) is 0.231. The second-order valence-electron chi connectivity index (χ2n) is 4.14. The van der Waals surface area contributed by atoms with Crippen molar-refractivity contribution in [2.75, 3.05) is 25.5 Å². The van der Waals surface area contributed by atoms with Gasteiger partial charge in [-0.15, -0.1) is 0 Å². The third-order valence-electron chi connectivity index (χ3n) is 2.81.